The van der Waals surface area contributed by atoms with Gasteiger partial charge in [-0.3, -0.25) is 14.5 Å². The Morgan fingerprint density at radius 1 is 0.897 bits per heavy atom. The number of nitrogens with one attached hydrogen (secondary N) is 1. The quantitative estimate of drug-likeness (QED) is 0.649. The third-order valence-corrected chi connectivity index (χ3v) is 4.51. The summed E-state index contributed by atoms with van der Waals surface area (Å²) in [6.45, 7) is 7.22. The van der Waals surface area contributed by atoms with Crippen LogP contribution < -0.4 is 14.8 Å². The molecule has 0 aliphatic carbocycles. The Bertz CT molecular complexity index is 919. The number of hydrogen-bond donors (Lipinski definition) is 1. The Kier molecular flexibility index (Phi) is 6.54. The van der Waals surface area contributed by atoms with Gasteiger partial charge < -0.3 is 14.8 Å². The molecule has 0 aromatic heterocycles. The summed E-state index contributed by atoms with van der Waals surface area (Å²) in [4.78, 5) is 27.1. The average molecular weight is 394 g/mol. The maximum atomic E-state index is 12.9. The molecule has 1 aliphatic heterocycles. The van der Waals surface area contributed by atoms with E-state index in [1.807, 2.05) is 38.1 Å². The van der Waals surface area contributed by atoms with Gasteiger partial charge in [0.2, 0.25) is 0 Å². The van der Waals surface area contributed by atoms with Crippen LogP contribution in [0.1, 0.15) is 32.8 Å². The van der Waals surface area contributed by atoms with E-state index < -0.39 is 0 Å². The van der Waals surface area contributed by atoms with Gasteiger partial charge in [-0.1, -0.05) is 25.1 Å². The topological polar surface area (TPSA) is 67.9 Å². The van der Waals surface area contributed by atoms with E-state index in [0.717, 1.165) is 12.2 Å². The highest BCUT2D eigenvalue weighted by Crippen LogP contribution is 2.32. The van der Waals surface area contributed by atoms with E-state index in [1.54, 1.807) is 31.2 Å². The predicted molar refractivity (Wildman–Crippen MR) is 113 cm³/mol. The maximum absolute atomic E-state index is 12.9. The molecule has 0 radical (unpaired) electrons. The molecule has 0 saturated carbocycles. The number of carbonyl (C=O) groups is 2. The van der Waals surface area contributed by atoms with Crippen LogP contribution in [0.15, 0.2) is 54.2 Å². The van der Waals surface area contributed by atoms with E-state index in [-0.39, 0.29) is 17.5 Å². The summed E-state index contributed by atoms with van der Waals surface area (Å²) in [5.74, 6) is 0.796. The van der Waals surface area contributed by atoms with Crippen molar-refractivity contribution < 1.29 is 19.1 Å². The Morgan fingerprint density at radius 2 is 1.66 bits per heavy atom. The predicted octanol–water partition coefficient (Wildman–Crippen LogP) is 4.09. The van der Waals surface area contributed by atoms with E-state index in [2.05, 4.69) is 5.32 Å². The molecule has 0 saturated heterocycles. The number of ether oxygens (including phenoxy) is 2. The molecule has 0 unspecified atom stereocenters. The molecule has 0 fully saturated rings. The van der Waals surface area contributed by atoms with Gasteiger partial charge in [-0.25, -0.2) is 0 Å². The molecule has 29 heavy (non-hydrogen) atoms. The molecule has 6 heteroatoms. The van der Waals surface area contributed by atoms with Crippen LogP contribution in [0, 0.1) is 0 Å². The highest BCUT2D eigenvalue weighted by molar-refractivity contribution is 6.36. The lowest BCUT2D eigenvalue weighted by Crippen LogP contribution is -2.32. The highest BCUT2D eigenvalue weighted by atomic mass is 16.5. The van der Waals surface area contributed by atoms with Crippen molar-refractivity contribution >= 4 is 23.1 Å². The standard InChI is InChI=1S/C23H26N2O4/c1-4-14-29-19-9-7-8-17(15-19)24-21-20(22(26)25(5-2)23(21)27)16-10-12-18(13-11-16)28-6-3/h7-13,15,24H,4-6,14H2,1-3H3. The van der Waals surface area contributed by atoms with Gasteiger partial charge in [-0.2, -0.15) is 0 Å². The Hall–Kier alpha value is -3.28. The summed E-state index contributed by atoms with van der Waals surface area (Å²) in [6, 6.07) is 14.6. The zero-order valence-electron chi connectivity index (χ0n) is 17.0. The highest BCUT2D eigenvalue weighted by Gasteiger charge is 2.38. The smallest absolute Gasteiger partial charge is 0.278 e. The molecule has 2 amide bonds. The fraction of sp³-hybridized carbons (Fsp3) is 0.304. The number of likely N-dealkylation sites (N-methyl/N-ethyl adjacent to an activating group) is 1. The van der Waals surface area contributed by atoms with E-state index in [1.165, 1.54) is 4.90 Å². The van der Waals surface area contributed by atoms with Gasteiger partial charge in [0, 0.05) is 18.3 Å². The second-order valence-corrected chi connectivity index (χ2v) is 6.56. The SMILES string of the molecule is CCCOc1cccc(NC2=C(c3ccc(OCC)cc3)C(=O)N(CC)C2=O)c1. The summed E-state index contributed by atoms with van der Waals surface area (Å²) >= 11 is 0. The molecule has 1 heterocycles. The minimum absolute atomic E-state index is 0.272. The van der Waals surface area contributed by atoms with Gasteiger partial charge in [0.1, 0.15) is 17.2 Å². The molecule has 2 aromatic carbocycles. The van der Waals surface area contributed by atoms with Crippen molar-refractivity contribution in [3.63, 3.8) is 0 Å². The van der Waals surface area contributed by atoms with Gasteiger partial charge in [0.15, 0.2) is 0 Å². The van der Waals surface area contributed by atoms with Gasteiger partial charge in [0.25, 0.3) is 11.8 Å². The van der Waals surface area contributed by atoms with Crippen LogP contribution in [0.4, 0.5) is 5.69 Å². The van der Waals surface area contributed by atoms with E-state index in [0.29, 0.717) is 42.3 Å². The van der Waals surface area contributed by atoms with Crippen molar-refractivity contribution in [2.45, 2.75) is 27.2 Å². The fourth-order valence-electron chi connectivity index (χ4n) is 3.16. The zero-order valence-corrected chi connectivity index (χ0v) is 17.0. The minimum Gasteiger partial charge on any atom is -0.494 e. The lowest BCUT2D eigenvalue weighted by atomic mass is 10.0. The lowest BCUT2D eigenvalue weighted by Gasteiger charge is -2.12. The minimum atomic E-state index is -0.332. The third kappa shape index (κ3) is 4.42. The van der Waals surface area contributed by atoms with Crippen LogP contribution in [0.3, 0.4) is 0 Å². The number of hydrogen-bond acceptors (Lipinski definition) is 5. The third-order valence-electron chi connectivity index (χ3n) is 4.51. The fourth-order valence-corrected chi connectivity index (χ4v) is 3.16. The first kappa shape index (κ1) is 20.5. The summed E-state index contributed by atoms with van der Waals surface area (Å²) in [6.07, 6.45) is 0.906. The first-order valence-corrected chi connectivity index (χ1v) is 9.92. The van der Waals surface area contributed by atoms with Crippen molar-refractivity contribution in [3.8, 4) is 11.5 Å². The van der Waals surface area contributed by atoms with Crippen molar-refractivity contribution in [3.05, 3.63) is 59.8 Å². The largest absolute Gasteiger partial charge is 0.494 e. The molecule has 1 aliphatic rings. The number of imide groups is 1. The molecular weight excluding hydrogens is 368 g/mol. The lowest BCUT2D eigenvalue weighted by molar-refractivity contribution is -0.136. The summed E-state index contributed by atoms with van der Waals surface area (Å²) in [7, 11) is 0. The number of benzene rings is 2. The van der Waals surface area contributed by atoms with E-state index >= 15 is 0 Å². The Labute approximate surface area is 171 Å². The Balaban J connectivity index is 1.96. The number of nitrogens with zero attached hydrogens (tertiary/aromatic N) is 1. The normalized spacial score (nSPS) is 13.8. The molecule has 152 valence electrons. The van der Waals surface area contributed by atoms with Crippen molar-refractivity contribution in [1.82, 2.24) is 4.90 Å². The first-order valence-electron chi connectivity index (χ1n) is 9.92. The summed E-state index contributed by atoms with van der Waals surface area (Å²) < 4.78 is 11.1. The summed E-state index contributed by atoms with van der Waals surface area (Å²) in [5, 5.41) is 3.15. The average Bonchev–Trinajstić information content (AvgIpc) is 2.96. The second-order valence-electron chi connectivity index (χ2n) is 6.56. The molecule has 0 bridgehead atoms. The van der Waals surface area contributed by atoms with Crippen molar-refractivity contribution in [2.24, 2.45) is 0 Å². The van der Waals surface area contributed by atoms with Gasteiger partial charge in [-0.15, -0.1) is 0 Å². The molecule has 0 spiro atoms. The van der Waals surface area contributed by atoms with Crippen molar-refractivity contribution in [1.29, 1.82) is 0 Å². The van der Waals surface area contributed by atoms with Crippen LogP contribution in [0.25, 0.3) is 5.57 Å². The van der Waals surface area contributed by atoms with E-state index in [9.17, 15) is 9.59 Å². The number of amides is 2. The van der Waals surface area contributed by atoms with Crippen LogP contribution in [0.5, 0.6) is 11.5 Å². The maximum Gasteiger partial charge on any atom is 0.278 e. The number of carbonyl (C=O) groups excluding carboxylic acids is 2. The molecule has 0 atom stereocenters. The molecule has 3 rings (SSSR count). The molecular formula is C23H26N2O4. The monoisotopic (exact) mass is 394 g/mol. The van der Waals surface area contributed by atoms with Crippen LogP contribution in [-0.2, 0) is 9.59 Å². The first-order chi connectivity index (χ1) is 14.1. The molecule has 6 nitrogen and oxygen atoms in total. The van der Waals surface area contributed by atoms with Crippen LogP contribution in [-0.4, -0.2) is 36.5 Å². The zero-order chi connectivity index (χ0) is 20.8. The Morgan fingerprint density at radius 3 is 2.31 bits per heavy atom. The van der Waals surface area contributed by atoms with Gasteiger partial charge in [-0.05, 0) is 50.1 Å². The van der Waals surface area contributed by atoms with Crippen LogP contribution in [0.2, 0.25) is 0 Å². The number of rotatable bonds is 9. The van der Waals surface area contributed by atoms with Crippen LogP contribution >= 0.6 is 0 Å². The molecule has 1 N–H and O–H groups in total. The van der Waals surface area contributed by atoms with E-state index in [4.69, 9.17) is 9.47 Å². The number of anilines is 1. The second kappa shape index (κ2) is 9.28. The van der Waals surface area contributed by atoms with Gasteiger partial charge in [0.05, 0.1) is 18.8 Å². The van der Waals surface area contributed by atoms with Crippen molar-refractivity contribution in [2.75, 3.05) is 25.1 Å². The van der Waals surface area contributed by atoms with Gasteiger partial charge >= 0.3 is 0 Å². The summed E-state index contributed by atoms with van der Waals surface area (Å²) in [5.41, 5.74) is 1.99. The molecule has 2 aromatic rings.